The Morgan fingerprint density at radius 2 is 1.27 bits per heavy atom. The highest BCUT2D eigenvalue weighted by Gasteiger charge is 2.28. The molecular formula is C31H37ClN2O9S2. The topological polar surface area (TPSA) is 168 Å². The predicted octanol–water partition coefficient (Wildman–Crippen LogP) is 5.48. The van der Waals surface area contributed by atoms with Crippen LogP contribution in [0.2, 0.25) is 0 Å². The first-order valence-corrected chi connectivity index (χ1v) is 17.3. The van der Waals surface area contributed by atoms with Crippen LogP contribution in [0.15, 0.2) is 76.5 Å². The Bertz CT molecular complexity index is 1760. The van der Waals surface area contributed by atoms with Crippen LogP contribution in [0.5, 0.6) is 17.2 Å². The fraction of sp³-hybridized carbons (Fsp3) is 0.355. The molecule has 5 rings (SSSR count). The number of aryl methyl sites for hydroxylation is 2. The second-order valence-corrected chi connectivity index (χ2v) is 15.2. The van der Waals surface area contributed by atoms with Gasteiger partial charge in [0.2, 0.25) is 15.9 Å². The molecule has 3 aromatic carbocycles. The number of amides is 1. The number of carbonyl (C=O) groups is 2. The number of nitrogens with one attached hydrogen (secondary N) is 1. The fourth-order valence-corrected chi connectivity index (χ4v) is 6.14. The molecule has 0 radical (unpaired) electrons. The number of ether oxygens (including phenoxy) is 3. The van der Waals surface area contributed by atoms with Crippen LogP contribution in [0.1, 0.15) is 58.6 Å². The minimum Gasteiger partial charge on any atom is -0.488 e. The zero-order valence-corrected chi connectivity index (χ0v) is 28.0. The highest BCUT2D eigenvalue weighted by Crippen LogP contribution is 2.35. The molecule has 0 saturated heterocycles. The molecule has 0 aliphatic carbocycles. The Hall–Kier alpha value is -3.65. The number of hydrogen-bond acceptors (Lipinski definition) is 9. The van der Waals surface area contributed by atoms with E-state index in [-0.39, 0.29) is 21.0 Å². The molecule has 2 heterocycles. The van der Waals surface area contributed by atoms with Gasteiger partial charge in [0, 0.05) is 18.5 Å². The zero-order valence-electron chi connectivity index (χ0n) is 25.6. The summed E-state index contributed by atoms with van der Waals surface area (Å²) in [4.78, 5) is 21.3. The van der Waals surface area contributed by atoms with E-state index in [9.17, 15) is 26.4 Å². The maximum atomic E-state index is 11.9. The molecule has 14 heteroatoms. The van der Waals surface area contributed by atoms with E-state index in [2.05, 4.69) is 4.74 Å². The third kappa shape index (κ3) is 11.0. The van der Waals surface area contributed by atoms with Gasteiger partial charge in [-0.05, 0) is 113 Å². The van der Waals surface area contributed by atoms with Crippen LogP contribution in [0.4, 0.5) is 4.79 Å². The molecule has 0 bridgehead atoms. The molecule has 3 aromatic rings. The van der Waals surface area contributed by atoms with Gasteiger partial charge in [-0.15, -0.1) is 0 Å². The summed E-state index contributed by atoms with van der Waals surface area (Å²) in [5, 5.41) is 5.07. The van der Waals surface area contributed by atoms with Gasteiger partial charge in [0.1, 0.15) is 28.5 Å². The first-order chi connectivity index (χ1) is 20.8. The van der Waals surface area contributed by atoms with E-state index in [4.69, 9.17) is 26.2 Å². The molecule has 45 heavy (non-hydrogen) atoms. The van der Waals surface area contributed by atoms with Crippen LogP contribution in [0.3, 0.4) is 0 Å². The second kappa shape index (κ2) is 14.2. The van der Waals surface area contributed by atoms with Crippen molar-refractivity contribution in [2.45, 2.75) is 81.3 Å². The number of sulfonamides is 2. The third-order valence-corrected chi connectivity index (χ3v) is 9.11. The lowest BCUT2D eigenvalue weighted by Crippen LogP contribution is -2.33. The van der Waals surface area contributed by atoms with Crippen molar-refractivity contribution in [3.63, 3.8) is 0 Å². The van der Waals surface area contributed by atoms with Crippen molar-refractivity contribution < 1.29 is 40.6 Å². The molecule has 0 saturated carbocycles. The molecule has 244 valence electrons. The Morgan fingerprint density at radius 3 is 1.71 bits per heavy atom. The SMILES string of the molecule is CC(=O)NS(=O)(=O)c1ccc2c(c1)CCC(C)(C)O2.CC1(C)CCc2cc(S(N)(=O)=O)ccc2O1.O=C(Cl)Oc1ccccc1. The highest BCUT2D eigenvalue weighted by molar-refractivity contribution is 7.90. The van der Waals surface area contributed by atoms with Crippen LogP contribution in [-0.4, -0.2) is 39.4 Å². The molecule has 0 atom stereocenters. The van der Waals surface area contributed by atoms with Gasteiger partial charge in [-0.1, -0.05) is 18.2 Å². The Kier molecular flexibility index (Phi) is 11.3. The number of hydrogen-bond donors (Lipinski definition) is 2. The maximum Gasteiger partial charge on any atom is 0.409 e. The Labute approximate surface area is 269 Å². The molecule has 1 amide bonds. The lowest BCUT2D eigenvalue weighted by Gasteiger charge is -2.32. The van der Waals surface area contributed by atoms with E-state index < -0.39 is 31.4 Å². The number of fused-ring (bicyclic) bond motifs is 2. The summed E-state index contributed by atoms with van der Waals surface area (Å²) < 4.78 is 64.2. The lowest BCUT2D eigenvalue weighted by atomic mass is 9.94. The summed E-state index contributed by atoms with van der Waals surface area (Å²) >= 11 is 4.95. The fourth-order valence-electron chi connectivity index (χ4n) is 4.44. The molecule has 2 aliphatic heterocycles. The molecular weight excluding hydrogens is 644 g/mol. The van der Waals surface area contributed by atoms with Crippen molar-refractivity contribution in [3.05, 3.63) is 77.9 Å². The van der Waals surface area contributed by atoms with Crippen LogP contribution < -0.4 is 24.1 Å². The standard InChI is InChI=1S/C13H17NO4S.C11H15NO3S.C7H5ClO2/c1-9(15)14-19(16,17)11-4-5-12-10(8-11)6-7-13(2,3)18-12;1-11(2)6-5-8-7-9(16(12,13)14)3-4-10(8)15-11;8-7(9)10-6-4-2-1-3-5-6/h4-5,8H,6-7H2,1-3H3,(H,14,15);3-4,7H,5-6H2,1-2H3,(H2,12,13,14);1-5H. The maximum absolute atomic E-state index is 11.9. The van der Waals surface area contributed by atoms with Crippen molar-refractivity contribution in [3.8, 4) is 17.2 Å². The molecule has 0 spiro atoms. The van der Waals surface area contributed by atoms with Crippen LogP contribution in [-0.2, 0) is 37.7 Å². The first kappa shape index (κ1) is 35.8. The first-order valence-electron chi connectivity index (χ1n) is 13.9. The van der Waals surface area contributed by atoms with E-state index in [0.717, 1.165) is 42.6 Å². The lowest BCUT2D eigenvalue weighted by molar-refractivity contribution is -0.117. The largest absolute Gasteiger partial charge is 0.488 e. The van der Waals surface area contributed by atoms with Gasteiger partial charge in [0.05, 0.1) is 9.79 Å². The Balaban J connectivity index is 0.000000193. The van der Waals surface area contributed by atoms with Crippen LogP contribution in [0.25, 0.3) is 0 Å². The number of nitrogens with two attached hydrogens (primary N) is 1. The smallest absolute Gasteiger partial charge is 0.409 e. The van der Waals surface area contributed by atoms with E-state index in [1.54, 1.807) is 48.5 Å². The van der Waals surface area contributed by atoms with Gasteiger partial charge < -0.3 is 14.2 Å². The molecule has 0 fully saturated rings. The van der Waals surface area contributed by atoms with Crippen LogP contribution in [0, 0.1) is 0 Å². The van der Waals surface area contributed by atoms with Gasteiger partial charge in [-0.25, -0.2) is 31.5 Å². The van der Waals surface area contributed by atoms with E-state index in [0.29, 0.717) is 11.5 Å². The number of para-hydroxylation sites is 1. The van der Waals surface area contributed by atoms with Crippen LogP contribution >= 0.6 is 11.6 Å². The summed E-state index contributed by atoms with van der Waals surface area (Å²) in [5.74, 6) is 1.32. The number of rotatable bonds is 4. The minimum absolute atomic E-state index is 0.0877. The minimum atomic E-state index is -3.78. The number of carbonyl (C=O) groups excluding carboxylic acids is 2. The summed E-state index contributed by atoms with van der Waals surface area (Å²) in [7, 11) is -7.40. The molecule has 0 aromatic heterocycles. The quantitative estimate of drug-likeness (QED) is 0.339. The zero-order chi connectivity index (χ0) is 33.6. The van der Waals surface area contributed by atoms with Gasteiger partial charge in [0.25, 0.3) is 10.0 Å². The van der Waals surface area contributed by atoms with Gasteiger partial charge in [-0.3, -0.25) is 4.79 Å². The van der Waals surface area contributed by atoms with E-state index in [1.807, 2.05) is 38.5 Å². The molecule has 0 unspecified atom stereocenters. The normalized spacial score (nSPS) is 15.9. The predicted molar refractivity (Wildman–Crippen MR) is 170 cm³/mol. The summed E-state index contributed by atoms with van der Waals surface area (Å²) in [5.41, 5.74) is 0.531. The van der Waals surface area contributed by atoms with Gasteiger partial charge in [0.15, 0.2) is 0 Å². The van der Waals surface area contributed by atoms with Crippen molar-refractivity contribution in [2.24, 2.45) is 5.14 Å². The van der Waals surface area contributed by atoms with E-state index >= 15 is 0 Å². The van der Waals surface area contributed by atoms with Crippen molar-refractivity contribution in [1.82, 2.24) is 4.72 Å². The molecule has 2 aliphatic rings. The number of benzene rings is 3. The Morgan fingerprint density at radius 1 is 0.800 bits per heavy atom. The molecule has 3 N–H and O–H groups in total. The monoisotopic (exact) mass is 680 g/mol. The van der Waals surface area contributed by atoms with Crippen molar-refractivity contribution >= 4 is 43.0 Å². The van der Waals surface area contributed by atoms with Gasteiger partial charge >= 0.3 is 5.43 Å². The summed E-state index contributed by atoms with van der Waals surface area (Å²) in [6.07, 6.45) is 3.26. The average molecular weight is 681 g/mol. The molecule has 11 nitrogen and oxygen atoms in total. The summed E-state index contributed by atoms with van der Waals surface area (Å²) in [6, 6.07) is 18.1. The highest BCUT2D eigenvalue weighted by atomic mass is 35.5. The van der Waals surface area contributed by atoms with E-state index in [1.165, 1.54) is 19.1 Å². The van der Waals surface area contributed by atoms with Crippen molar-refractivity contribution in [2.75, 3.05) is 0 Å². The third-order valence-electron chi connectivity index (χ3n) is 6.69. The van der Waals surface area contributed by atoms with Gasteiger partial charge in [-0.2, -0.15) is 0 Å². The average Bonchev–Trinajstić information content (AvgIpc) is 2.91. The number of primary sulfonamides is 1. The van der Waals surface area contributed by atoms with Crippen molar-refractivity contribution in [1.29, 1.82) is 0 Å². The second-order valence-electron chi connectivity index (χ2n) is 11.6. The number of halogens is 1. The summed E-state index contributed by atoms with van der Waals surface area (Å²) in [6.45, 7) is 9.20.